The van der Waals surface area contributed by atoms with Gasteiger partial charge < -0.3 is 10.6 Å². The Kier molecular flexibility index (Phi) is 3.60. The number of nitrogens with two attached hydrogens (primary N) is 1. The van der Waals surface area contributed by atoms with Crippen LogP contribution in [0, 0.1) is 10.1 Å². The maximum Gasteiger partial charge on any atom is 0.269 e. The topological polar surface area (TPSA) is 102 Å². The largest absolute Gasteiger partial charge is 0.383 e. The zero-order valence-corrected chi connectivity index (χ0v) is 10.7. The Morgan fingerprint density at radius 3 is 2.50 bits per heavy atom. The van der Waals surface area contributed by atoms with Gasteiger partial charge >= 0.3 is 0 Å². The molecule has 1 amide bonds. The van der Waals surface area contributed by atoms with Crippen LogP contribution in [0.4, 0.5) is 17.2 Å². The van der Waals surface area contributed by atoms with Crippen molar-refractivity contribution in [3.8, 4) is 0 Å². The zero-order valence-electron chi connectivity index (χ0n) is 10.7. The van der Waals surface area contributed by atoms with Crippen LogP contribution in [0.25, 0.3) is 0 Å². The summed E-state index contributed by atoms with van der Waals surface area (Å²) in [5.41, 5.74) is 6.44. The Balaban J connectivity index is 2.27. The number of carbonyl (C=O) groups excluding carboxylic acids is 1. The Hall–Kier alpha value is -2.96. The second kappa shape index (κ2) is 5.35. The van der Waals surface area contributed by atoms with E-state index in [4.69, 9.17) is 5.73 Å². The molecule has 0 atom stereocenters. The van der Waals surface area contributed by atoms with Crippen LogP contribution < -0.4 is 10.6 Å². The van der Waals surface area contributed by atoms with Crippen molar-refractivity contribution < 1.29 is 9.72 Å². The molecular weight excluding hydrogens is 260 g/mol. The van der Waals surface area contributed by atoms with E-state index in [9.17, 15) is 14.9 Å². The summed E-state index contributed by atoms with van der Waals surface area (Å²) in [6.07, 6.45) is 1.50. The molecule has 20 heavy (non-hydrogen) atoms. The van der Waals surface area contributed by atoms with Gasteiger partial charge in [-0.2, -0.15) is 0 Å². The first kappa shape index (κ1) is 13.5. The van der Waals surface area contributed by atoms with E-state index in [1.54, 1.807) is 19.2 Å². The van der Waals surface area contributed by atoms with Crippen LogP contribution in [0.2, 0.25) is 0 Å². The molecule has 1 heterocycles. The summed E-state index contributed by atoms with van der Waals surface area (Å²) in [6, 6.07) is 8.88. The molecule has 0 radical (unpaired) electrons. The van der Waals surface area contributed by atoms with E-state index in [0.29, 0.717) is 5.69 Å². The number of amides is 1. The van der Waals surface area contributed by atoms with Gasteiger partial charge in [0.25, 0.3) is 11.6 Å². The predicted molar refractivity (Wildman–Crippen MR) is 74.5 cm³/mol. The molecule has 0 spiro atoms. The number of non-ortho nitro benzene ring substituents is 1. The molecule has 0 saturated heterocycles. The Morgan fingerprint density at radius 1 is 1.30 bits per heavy atom. The van der Waals surface area contributed by atoms with Gasteiger partial charge in [0.1, 0.15) is 5.82 Å². The molecule has 0 saturated carbocycles. The Labute approximate surface area is 114 Å². The third-order valence-electron chi connectivity index (χ3n) is 2.82. The molecule has 1 aromatic carbocycles. The molecule has 7 nitrogen and oxygen atoms in total. The first-order valence-corrected chi connectivity index (χ1v) is 5.73. The van der Waals surface area contributed by atoms with Crippen molar-refractivity contribution in [2.45, 2.75) is 0 Å². The quantitative estimate of drug-likeness (QED) is 0.678. The highest BCUT2D eigenvalue weighted by Crippen LogP contribution is 2.21. The molecule has 2 N–H and O–H groups in total. The molecule has 0 aliphatic heterocycles. The van der Waals surface area contributed by atoms with Crippen molar-refractivity contribution >= 4 is 23.1 Å². The van der Waals surface area contributed by atoms with E-state index in [1.165, 1.54) is 35.4 Å². The molecule has 1 aromatic heterocycles. The van der Waals surface area contributed by atoms with Gasteiger partial charge in [0.15, 0.2) is 0 Å². The third kappa shape index (κ3) is 2.56. The molecule has 0 aliphatic rings. The molecule has 2 aromatic rings. The first-order chi connectivity index (χ1) is 9.50. The lowest BCUT2D eigenvalue weighted by atomic mass is 10.2. The molecule has 7 heteroatoms. The number of nitrogen functional groups attached to an aromatic ring is 1. The maximum absolute atomic E-state index is 12.3. The SMILES string of the molecule is CN(C(=O)c1cccnc1N)c1ccc([N+](=O)[O-])cc1. The van der Waals surface area contributed by atoms with Gasteiger partial charge in [-0.3, -0.25) is 14.9 Å². The number of rotatable bonds is 3. The van der Waals surface area contributed by atoms with E-state index < -0.39 is 4.92 Å². The van der Waals surface area contributed by atoms with E-state index in [1.807, 2.05) is 0 Å². The average molecular weight is 272 g/mol. The summed E-state index contributed by atoms with van der Waals surface area (Å²) >= 11 is 0. The Bertz CT molecular complexity index is 655. The lowest BCUT2D eigenvalue weighted by Crippen LogP contribution is -2.27. The van der Waals surface area contributed by atoms with Crippen LogP contribution >= 0.6 is 0 Å². The molecule has 0 aliphatic carbocycles. The minimum atomic E-state index is -0.495. The van der Waals surface area contributed by atoms with Crippen LogP contribution in [0.1, 0.15) is 10.4 Å². The standard InChI is InChI=1S/C13H12N4O3/c1-16(9-4-6-10(7-5-9)17(19)20)13(18)11-3-2-8-15-12(11)14/h2-8H,1H3,(H2,14,15). The van der Waals surface area contributed by atoms with Crippen LogP contribution in [-0.4, -0.2) is 22.9 Å². The minimum Gasteiger partial charge on any atom is -0.383 e. The number of anilines is 2. The van der Waals surface area contributed by atoms with Crippen LogP contribution in [0.5, 0.6) is 0 Å². The number of hydrogen-bond acceptors (Lipinski definition) is 5. The highest BCUT2D eigenvalue weighted by Gasteiger charge is 2.17. The van der Waals surface area contributed by atoms with Crippen molar-refractivity contribution in [3.05, 3.63) is 58.3 Å². The molecule has 0 bridgehead atoms. The van der Waals surface area contributed by atoms with Crippen molar-refractivity contribution in [2.75, 3.05) is 17.7 Å². The van der Waals surface area contributed by atoms with Gasteiger partial charge in [-0.25, -0.2) is 4.98 Å². The van der Waals surface area contributed by atoms with Gasteiger partial charge in [-0.05, 0) is 24.3 Å². The predicted octanol–water partition coefficient (Wildman–Crippen LogP) is 1.85. The minimum absolute atomic E-state index is 0.0320. The summed E-state index contributed by atoms with van der Waals surface area (Å²) in [5.74, 6) is -0.185. The van der Waals surface area contributed by atoms with Crippen LogP contribution in [-0.2, 0) is 0 Å². The van der Waals surface area contributed by atoms with Gasteiger partial charge in [0, 0.05) is 31.1 Å². The summed E-state index contributed by atoms with van der Waals surface area (Å²) in [5, 5.41) is 10.6. The Morgan fingerprint density at radius 2 is 1.95 bits per heavy atom. The number of pyridine rings is 1. The number of carbonyl (C=O) groups is 1. The third-order valence-corrected chi connectivity index (χ3v) is 2.82. The highest BCUT2D eigenvalue weighted by atomic mass is 16.6. The fourth-order valence-corrected chi connectivity index (χ4v) is 1.69. The zero-order chi connectivity index (χ0) is 14.7. The molecule has 0 unspecified atom stereocenters. The number of hydrogen-bond donors (Lipinski definition) is 1. The number of nitro benzene ring substituents is 1. The first-order valence-electron chi connectivity index (χ1n) is 5.73. The summed E-state index contributed by atoms with van der Waals surface area (Å²) in [7, 11) is 1.57. The van der Waals surface area contributed by atoms with Gasteiger partial charge in [0.2, 0.25) is 0 Å². The second-order valence-electron chi connectivity index (χ2n) is 4.07. The van der Waals surface area contributed by atoms with Gasteiger partial charge in [-0.1, -0.05) is 0 Å². The summed E-state index contributed by atoms with van der Waals surface area (Å²) in [6.45, 7) is 0. The van der Waals surface area contributed by atoms with Crippen molar-refractivity contribution in [3.63, 3.8) is 0 Å². The lowest BCUT2D eigenvalue weighted by Gasteiger charge is -2.17. The van der Waals surface area contributed by atoms with Crippen molar-refractivity contribution in [2.24, 2.45) is 0 Å². The van der Waals surface area contributed by atoms with Crippen LogP contribution in [0.3, 0.4) is 0 Å². The fourth-order valence-electron chi connectivity index (χ4n) is 1.69. The molecule has 0 fully saturated rings. The average Bonchev–Trinajstić information content (AvgIpc) is 2.46. The number of nitro groups is 1. The smallest absolute Gasteiger partial charge is 0.269 e. The van der Waals surface area contributed by atoms with Crippen LogP contribution in [0.15, 0.2) is 42.6 Å². The lowest BCUT2D eigenvalue weighted by molar-refractivity contribution is -0.384. The molecular formula is C13H12N4O3. The summed E-state index contributed by atoms with van der Waals surface area (Å²) < 4.78 is 0. The number of benzene rings is 1. The molecule has 2 rings (SSSR count). The summed E-state index contributed by atoms with van der Waals surface area (Å²) in [4.78, 5) is 27.6. The maximum atomic E-state index is 12.3. The number of nitrogens with zero attached hydrogens (tertiary/aromatic N) is 3. The fraction of sp³-hybridized carbons (Fsp3) is 0.0769. The highest BCUT2D eigenvalue weighted by molar-refractivity contribution is 6.08. The van der Waals surface area contributed by atoms with Crippen molar-refractivity contribution in [1.82, 2.24) is 4.98 Å². The van der Waals surface area contributed by atoms with Gasteiger partial charge in [-0.15, -0.1) is 0 Å². The van der Waals surface area contributed by atoms with E-state index >= 15 is 0 Å². The van der Waals surface area contributed by atoms with E-state index in [0.717, 1.165) is 0 Å². The van der Waals surface area contributed by atoms with E-state index in [-0.39, 0.29) is 23.0 Å². The van der Waals surface area contributed by atoms with E-state index in [2.05, 4.69) is 4.98 Å². The molecule has 102 valence electrons. The number of aromatic nitrogens is 1. The van der Waals surface area contributed by atoms with Crippen molar-refractivity contribution in [1.29, 1.82) is 0 Å². The monoisotopic (exact) mass is 272 g/mol. The van der Waals surface area contributed by atoms with Gasteiger partial charge in [0.05, 0.1) is 10.5 Å². The normalized spacial score (nSPS) is 10.1. The second-order valence-corrected chi connectivity index (χ2v) is 4.07.